The predicted molar refractivity (Wildman–Crippen MR) is 195 cm³/mol. The molecule has 1 saturated heterocycles. The summed E-state index contributed by atoms with van der Waals surface area (Å²) in [5.74, 6) is -1.63. The van der Waals surface area contributed by atoms with E-state index in [0.29, 0.717) is 44.9 Å². The summed E-state index contributed by atoms with van der Waals surface area (Å²) in [6.07, 6.45) is 0.396. The van der Waals surface area contributed by atoms with Gasteiger partial charge in [-0.3, -0.25) is 19.2 Å². The summed E-state index contributed by atoms with van der Waals surface area (Å²) in [4.78, 5) is 65.7. The number of amides is 4. The molecule has 13 heteroatoms. The van der Waals surface area contributed by atoms with Gasteiger partial charge in [-0.05, 0) is 90.1 Å². The fourth-order valence-corrected chi connectivity index (χ4v) is 5.43. The molecule has 1 aliphatic heterocycles. The molecule has 0 saturated carbocycles. The smallest absolute Gasteiger partial charge is 0.410 e. The molecule has 0 bridgehead atoms. The van der Waals surface area contributed by atoms with Gasteiger partial charge in [0.15, 0.2) is 0 Å². The molecule has 286 valence electrons. The maximum absolute atomic E-state index is 13.6. The average molecular weight is 725 g/mol. The molecule has 2 aromatic rings. The Hall–Kier alpha value is -4.65. The van der Waals surface area contributed by atoms with Gasteiger partial charge in [-0.15, -0.1) is 0 Å². The fraction of sp³-hybridized carbons (Fsp3) is 0.564. The second-order valence-corrected chi connectivity index (χ2v) is 15.0. The first-order valence-electron chi connectivity index (χ1n) is 17.8. The summed E-state index contributed by atoms with van der Waals surface area (Å²) in [5, 5.41) is 8.21. The second kappa shape index (κ2) is 19.3. The van der Waals surface area contributed by atoms with Crippen molar-refractivity contribution in [3.63, 3.8) is 0 Å². The highest BCUT2D eigenvalue weighted by Gasteiger charge is 2.30. The van der Waals surface area contributed by atoms with Gasteiger partial charge in [0, 0.05) is 26.4 Å². The summed E-state index contributed by atoms with van der Waals surface area (Å²) in [6, 6.07) is 13.0. The van der Waals surface area contributed by atoms with Gasteiger partial charge in [-0.2, -0.15) is 0 Å². The lowest BCUT2D eigenvalue weighted by Crippen LogP contribution is -2.54. The predicted octanol–water partition coefficient (Wildman–Crippen LogP) is 4.37. The van der Waals surface area contributed by atoms with Gasteiger partial charge in [-0.1, -0.05) is 36.4 Å². The number of benzene rings is 2. The molecule has 0 radical (unpaired) electrons. The molecule has 52 heavy (non-hydrogen) atoms. The zero-order valence-electron chi connectivity index (χ0n) is 31.8. The molecule has 3 N–H and O–H groups in total. The number of morpholine rings is 1. The van der Waals surface area contributed by atoms with Crippen LogP contribution >= 0.6 is 0 Å². The Kier molecular flexibility index (Phi) is 15.5. The van der Waals surface area contributed by atoms with E-state index >= 15 is 0 Å². The minimum absolute atomic E-state index is 0.170. The number of nitrogens with zero attached hydrogens (tertiary/aromatic N) is 1. The van der Waals surface area contributed by atoms with E-state index < -0.39 is 53.4 Å². The fourth-order valence-electron chi connectivity index (χ4n) is 5.43. The van der Waals surface area contributed by atoms with Gasteiger partial charge in [0.2, 0.25) is 17.7 Å². The lowest BCUT2D eigenvalue weighted by Gasteiger charge is -2.34. The highest BCUT2D eigenvalue weighted by Crippen LogP contribution is 2.20. The summed E-state index contributed by atoms with van der Waals surface area (Å²) in [6.45, 7) is 15.6. The molecule has 13 nitrogen and oxygen atoms in total. The van der Waals surface area contributed by atoms with Crippen molar-refractivity contribution < 1.29 is 42.9 Å². The van der Waals surface area contributed by atoms with Gasteiger partial charge >= 0.3 is 12.1 Å². The molecule has 4 amide bonds. The Morgan fingerprint density at radius 1 is 0.904 bits per heavy atom. The van der Waals surface area contributed by atoms with Crippen LogP contribution < -0.4 is 20.7 Å². The Labute approximate surface area is 307 Å². The zero-order chi connectivity index (χ0) is 38.5. The van der Waals surface area contributed by atoms with E-state index in [1.54, 1.807) is 25.7 Å². The molecule has 0 aliphatic carbocycles. The monoisotopic (exact) mass is 724 g/mol. The van der Waals surface area contributed by atoms with Crippen LogP contribution in [0.25, 0.3) is 0 Å². The Balaban J connectivity index is 1.63. The van der Waals surface area contributed by atoms with Crippen molar-refractivity contribution in [2.24, 2.45) is 0 Å². The first kappa shape index (κ1) is 41.8. The van der Waals surface area contributed by atoms with Crippen LogP contribution in [0.1, 0.15) is 84.4 Å². The summed E-state index contributed by atoms with van der Waals surface area (Å²) in [5.41, 5.74) is 1.39. The third kappa shape index (κ3) is 15.3. The molecule has 1 heterocycles. The number of carbonyl (C=O) groups is 5. The maximum Gasteiger partial charge on any atom is 0.410 e. The minimum Gasteiger partial charge on any atom is -0.493 e. The van der Waals surface area contributed by atoms with Crippen molar-refractivity contribution in [1.29, 1.82) is 0 Å². The SMILES string of the molecule is CC(=O)N[C@@H](CC(=O)OC(C)(C)C)C(=O)N[C@@H](CCc1ccccc1)C(=O)NCc1cc(OCCC2CN(C(=O)OC(C)(C)C)CCO2)ccc1C. The van der Waals surface area contributed by atoms with Crippen LogP contribution in [0.3, 0.4) is 0 Å². The summed E-state index contributed by atoms with van der Waals surface area (Å²) in [7, 11) is 0. The number of rotatable bonds is 15. The van der Waals surface area contributed by atoms with Crippen LogP contribution in [0.2, 0.25) is 0 Å². The number of ether oxygens (including phenoxy) is 4. The number of nitrogens with one attached hydrogen (secondary N) is 3. The van der Waals surface area contributed by atoms with Gasteiger partial charge < -0.3 is 39.8 Å². The van der Waals surface area contributed by atoms with E-state index in [-0.39, 0.29) is 25.2 Å². The van der Waals surface area contributed by atoms with Crippen molar-refractivity contribution in [1.82, 2.24) is 20.9 Å². The quantitative estimate of drug-likeness (QED) is 0.227. The Morgan fingerprint density at radius 3 is 2.25 bits per heavy atom. The van der Waals surface area contributed by atoms with E-state index in [2.05, 4.69) is 16.0 Å². The minimum atomic E-state index is -1.23. The largest absolute Gasteiger partial charge is 0.493 e. The lowest BCUT2D eigenvalue weighted by molar-refractivity contribution is -0.156. The Bertz CT molecular complexity index is 1520. The van der Waals surface area contributed by atoms with Crippen LogP contribution in [0, 0.1) is 6.92 Å². The number of carbonyl (C=O) groups excluding carboxylic acids is 5. The van der Waals surface area contributed by atoms with E-state index in [9.17, 15) is 24.0 Å². The third-order valence-corrected chi connectivity index (χ3v) is 7.95. The molecule has 1 unspecified atom stereocenters. The molecule has 3 rings (SSSR count). The molecule has 1 fully saturated rings. The molecular formula is C39H56N4O9. The van der Waals surface area contributed by atoms with E-state index in [1.807, 2.05) is 76.2 Å². The van der Waals surface area contributed by atoms with Crippen molar-refractivity contribution in [3.8, 4) is 5.75 Å². The van der Waals surface area contributed by atoms with Gasteiger partial charge in [0.05, 0.1) is 32.3 Å². The number of hydrogen-bond acceptors (Lipinski definition) is 9. The van der Waals surface area contributed by atoms with Crippen LogP contribution in [0.15, 0.2) is 48.5 Å². The van der Waals surface area contributed by atoms with Crippen molar-refractivity contribution in [3.05, 3.63) is 65.2 Å². The van der Waals surface area contributed by atoms with Gasteiger partial charge in [0.25, 0.3) is 0 Å². The highest BCUT2D eigenvalue weighted by molar-refractivity contribution is 5.94. The van der Waals surface area contributed by atoms with Crippen molar-refractivity contribution >= 4 is 29.8 Å². The average Bonchev–Trinajstić information content (AvgIpc) is 3.05. The summed E-state index contributed by atoms with van der Waals surface area (Å²) >= 11 is 0. The van der Waals surface area contributed by atoms with Gasteiger partial charge in [0.1, 0.15) is 29.0 Å². The normalized spacial score (nSPS) is 15.8. The number of aryl methyl sites for hydroxylation is 2. The van der Waals surface area contributed by atoms with Crippen LogP contribution in [-0.4, -0.2) is 90.4 Å². The molecule has 1 aliphatic rings. The number of esters is 1. The summed E-state index contributed by atoms with van der Waals surface area (Å²) < 4.78 is 22.8. The molecule has 2 aromatic carbocycles. The first-order valence-corrected chi connectivity index (χ1v) is 17.8. The topological polar surface area (TPSA) is 162 Å². The lowest BCUT2D eigenvalue weighted by atomic mass is 10.0. The number of hydrogen-bond donors (Lipinski definition) is 3. The van der Waals surface area contributed by atoms with Crippen molar-refractivity contribution in [2.45, 2.75) is 117 Å². The van der Waals surface area contributed by atoms with Crippen LogP contribution in [-0.2, 0) is 46.4 Å². The van der Waals surface area contributed by atoms with E-state index in [4.69, 9.17) is 18.9 Å². The molecule has 0 spiro atoms. The van der Waals surface area contributed by atoms with Crippen molar-refractivity contribution in [2.75, 3.05) is 26.3 Å². The molecule has 3 atom stereocenters. The first-order chi connectivity index (χ1) is 24.4. The highest BCUT2D eigenvalue weighted by atomic mass is 16.6. The molecule has 0 aromatic heterocycles. The van der Waals surface area contributed by atoms with Gasteiger partial charge in [-0.25, -0.2) is 4.79 Å². The van der Waals surface area contributed by atoms with Crippen LogP contribution in [0.4, 0.5) is 4.79 Å². The standard InChI is InChI=1S/C39H56N4O9/c1-26-14-16-30(49-20-18-31-25-43(19-21-50-31)37(48)52-39(6,7)8)22-29(26)24-40-35(46)32(17-15-28-12-10-9-11-13-28)42-36(47)33(41-27(2)44)23-34(45)51-38(3,4)5/h9-14,16,22,31-33H,15,17-21,23-25H2,1-8H3,(H,40,46)(H,41,44)(H,42,47)/t31?,32-,33-/m0/s1. The Morgan fingerprint density at radius 2 is 1.60 bits per heavy atom. The van der Waals surface area contributed by atoms with E-state index in [0.717, 1.165) is 16.7 Å². The molecular weight excluding hydrogens is 668 g/mol. The van der Waals surface area contributed by atoms with Crippen LogP contribution in [0.5, 0.6) is 5.75 Å². The second-order valence-electron chi connectivity index (χ2n) is 15.0. The third-order valence-electron chi connectivity index (χ3n) is 7.95. The zero-order valence-corrected chi connectivity index (χ0v) is 31.8. The maximum atomic E-state index is 13.6. The van der Waals surface area contributed by atoms with E-state index in [1.165, 1.54) is 6.92 Å².